The van der Waals surface area contributed by atoms with Gasteiger partial charge in [-0.1, -0.05) is 0 Å². The molecular weight excluding hydrogens is 434 g/mol. The number of nitrogens with zero attached hydrogens (tertiary/aromatic N) is 4. The first-order valence-corrected chi connectivity index (χ1v) is 12.1. The first-order valence-electron chi connectivity index (χ1n) is 12.1. The molecule has 178 valence electrons. The number of furan rings is 1. The van der Waals surface area contributed by atoms with Crippen LogP contribution in [-0.2, 0) is 27.2 Å². The Labute approximate surface area is 198 Å². The normalized spacial score (nSPS) is 20.0. The van der Waals surface area contributed by atoms with Crippen LogP contribution in [0.2, 0.25) is 0 Å². The molecule has 2 aliphatic heterocycles. The molecule has 2 aromatic rings. The highest BCUT2D eigenvalue weighted by atomic mass is 16.5. The third kappa shape index (κ3) is 4.38. The molecule has 0 radical (unpaired) electrons. The summed E-state index contributed by atoms with van der Waals surface area (Å²) in [5, 5.41) is 12.7. The molecule has 0 saturated carbocycles. The minimum atomic E-state index is -0.589. The van der Waals surface area contributed by atoms with E-state index in [1.165, 1.54) is 0 Å². The van der Waals surface area contributed by atoms with Crippen LogP contribution in [0, 0.1) is 11.3 Å². The van der Waals surface area contributed by atoms with E-state index in [1.807, 2.05) is 17.0 Å². The molecule has 0 unspecified atom stereocenters. The Balaban J connectivity index is 1.31. The lowest BCUT2D eigenvalue weighted by Crippen LogP contribution is -2.53. The molecule has 1 aliphatic carbocycles. The smallest absolute Gasteiger partial charge is 0.312 e. The number of aromatic nitrogens is 1. The van der Waals surface area contributed by atoms with Crippen LogP contribution in [0.1, 0.15) is 42.4 Å². The fourth-order valence-electron chi connectivity index (χ4n) is 5.12. The highest BCUT2D eigenvalue weighted by Crippen LogP contribution is 2.37. The number of carbonyl (C=O) groups is 2. The molecule has 2 fully saturated rings. The molecule has 9 heteroatoms. The lowest BCUT2D eigenvalue weighted by Gasteiger charge is -2.36. The molecule has 1 atom stereocenters. The summed E-state index contributed by atoms with van der Waals surface area (Å²) in [6.45, 7) is 2.87. The molecule has 2 amide bonds. The summed E-state index contributed by atoms with van der Waals surface area (Å²) in [7, 11) is 0. The Hall–Kier alpha value is -3.38. The third-order valence-corrected chi connectivity index (χ3v) is 6.94. The number of piperazine rings is 1. The number of anilines is 1. The molecule has 9 nitrogen and oxygen atoms in total. The van der Waals surface area contributed by atoms with Gasteiger partial charge in [0.05, 0.1) is 17.9 Å². The second kappa shape index (κ2) is 9.85. The van der Waals surface area contributed by atoms with Crippen LogP contribution >= 0.6 is 0 Å². The van der Waals surface area contributed by atoms with Crippen LogP contribution < -0.4 is 10.2 Å². The fraction of sp³-hybridized carbons (Fsp3) is 0.520. The standard InChI is InChI=1S/C25H29N5O4/c26-15-20-18-6-1-2-7-19(18)22(21-8-4-14-34-21)28-23(20)29-9-11-30(12-10-29)25(32)24(31)27-16-17-5-3-13-33-17/h4,8,14,17H,1-3,5-7,9-13,16H2,(H,27,31)/t17-/m0/s1. The number of nitrogens with one attached hydrogen (secondary N) is 1. The number of hydrogen-bond acceptors (Lipinski definition) is 7. The van der Waals surface area contributed by atoms with Crippen molar-refractivity contribution in [2.45, 2.75) is 44.6 Å². The van der Waals surface area contributed by atoms with Crippen molar-refractivity contribution >= 4 is 17.6 Å². The van der Waals surface area contributed by atoms with Gasteiger partial charge in [-0.2, -0.15) is 5.26 Å². The van der Waals surface area contributed by atoms with Gasteiger partial charge in [0.25, 0.3) is 0 Å². The molecule has 2 aromatic heterocycles. The van der Waals surface area contributed by atoms with E-state index in [0.717, 1.165) is 55.3 Å². The second-order valence-corrected chi connectivity index (χ2v) is 9.04. The van der Waals surface area contributed by atoms with Crippen molar-refractivity contribution in [3.8, 4) is 17.5 Å². The van der Waals surface area contributed by atoms with E-state index in [2.05, 4.69) is 11.4 Å². The molecule has 2 saturated heterocycles. The van der Waals surface area contributed by atoms with E-state index in [1.54, 1.807) is 11.2 Å². The Bertz CT molecular complexity index is 1090. The number of ether oxygens (including phenoxy) is 1. The van der Waals surface area contributed by atoms with Gasteiger partial charge in [-0.25, -0.2) is 4.98 Å². The molecule has 34 heavy (non-hydrogen) atoms. The number of nitriles is 1. The largest absolute Gasteiger partial charge is 0.463 e. The quantitative estimate of drug-likeness (QED) is 0.691. The van der Waals surface area contributed by atoms with Gasteiger partial charge in [0, 0.05) is 39.3 Å². The lowest BCUT2D eigenvalue weighted by molar-refractivity contribution is -0.146. The zero-order chi connectivity index (χ0) is 23.5. The molecule has 0 aromatic carbocycles. The highest BCUT2D eigenvalue weighted by molar-refractivity contribution is 6.35. The van der Waals surface area contributed by atoms with Crippen molar-refractivity contribution in [2.24, 2.45) is 0 Å². The average Bonchev–Trinajstić information content (AvgIpc) is 3.61. The van der Waals surface area contributed by atoms with Gasteiger partial charge in [0.2, 0.25) is 0 Å². The van der Waals surface area contributed by atoms with Gasteiger partial charge in [-0.15, -0.1) is 0 Å². The van der Waals surface area contributed by atoms with Crippen LogP contribution in [-0.4, -0.2) is 67.1 Å². The Morgan fingerprint density at radius 1 is 1.15 bits per heavy atom. The predicted octanol–water partition coefficient (Wildman–Crippen LogP) is 2.04. The van der Waals surface area contributed by atoms with Crippen LogP contribution in [0.4, 0.5) is 5.82 Å². The SMILES string of the molecule is N#Cc1c(N2CCN(C(=O)C(=O)NC[C@@H]3CCCO3)CC2)nc(-c2ccco2)c2c1CCCC2. The fourth-order valence-corrected chi connectivity index (χ4v) is 5.12. The number of fused-ring (bicyclic) bond motifs is 1. The number of carbonyl (C=O) groups excluding carboxylic acids is 2. The molecule has 0 bridgehead atoms. The monoisotopic (exact) mass is 463 g/mol. The summed E-state index contributed by atoms with van der Waals surface area (Å²) in [4.78, 5) is 33.5. The minimum Gasteiger partial charge on any atom is -0.463 e. The van der Waals surface area contributed by atoms with Crippen LogP contribution in [0.5, 0.6) is 0 Å². The maximum Gasteiger partial charge on any atom is 0.312 e. The topological polar surface area (TPSA) is 112 Å². The highest BCUT2D eigenvalue weighted by Gasteiger charge is 2.31. The first-order chi connectivity index (χ1) is 16.7. The summed E-state index contributed by atoms with van der Waals surface area (Å²) >= 11 is 0. The summed E-state index contributed by atoms with van der Waals surface area (Å²) in [5.41, 5.74) is 3.61. The van der Waals surface area contributed by atoms with Crippen molar-refractivity contribution in [1.29, 1.82) is 5.26 Å². The summed E-state index contributed by atoms with van der Waals surface area (Å²) in [6.07, 6.45) is 7.38. The average molecular weight is 464 g/mol. The minimum absolute atomic E-state index is 0.00330. The summed E-state index contributed by atoms with van der Waals surface area (Å²) < 4.78 is 11.2. The molecule has 1 N–H and O–H groups in total. The second-order valence-electron chi connectivity index (χ2n) is 9.04. The van der Waals surface area contributed by atoms with Crippen LogP contribution in [0.15, 0.2) is 22.8 Å². The first kappa shape index (κ1) is 22.4. The Kier molecular flexibility index (Phi) is 6.50. The number of hydrogen-bond donors (Lipinski definition) is 1. The lowest BCUT2D eigenvalue weighted by atomic mass is 9.87. The number of rotatable bonds is 4. The molecule has 3 aliphatic rings. The number of pyridine rings is 1. The van der Waals surface area contributed by atoms with Crippen molar-refractivity contribution in [2.75, 3.05) is 44.2 Å². The summed E-state index contributed by atoms with van der Waals surface area (Å²) in [5.74, 6) is 0.242. The van der Waals surface area contributed by atoms with Gasteiger partial charge in [0.1, 0.15) is 17.6 Å². The van der Waals surface area contributed by atoms with E-state index < -0.39 is 11.8 Å². The van der Waals surface area contributed by atoms with Crippen molar-refractivity contribution in [3.05, 3.63) is 35.1 Å². The molecule has 4 heterocycles. The van der Waals surface area contributed by atoms with E-state index >= 15 is 0 Å². The van der Waals surface area contributed by atoms with Gasteiger partial charge in [-0.3, -0.25) is 9.59 Å². The maximum atomic E-state index is 12.6. The maximum absolute atomic E-state index is 12.6. The summed E-state index contributed by atoms with van der Waals surface area (Å²) in [6, 6.07) is 6.15. The van der Waals surface area contributed by atoms with Crippen LogP contribution in [0.3, 0.4) is 0 Å². The zero-order valence-electron chi connectivity index (χ0n) is 19.2. The Morgan fingerprint density at radius 2 is 1.94 bits per heavy atom. The van der Waals surface area contributed by atoms with Crippen molar-refractivity contribution in [3.63, 3.8) is 0 Å². The Morgan fingerprint density at radius 3 is 2.62 bits per heavy atom. The van der Waals surface area contributed by atoms with Crippen molar-refractivity contribution < 1.29 is 18.7 Å². The number of amides is 2. The van der Waals surface area contributed by atoms with Gasteiger partial charge < -0.3 is 24.3 Å². The van der Waals surface area contributed by atoms with Gasteiger partial charge in [-0.05, 0) is 61.8 Å². The van der Waals surface area contributed by atoms with Gasteiger partial charge in [0.15, 0.2) is 5.76 Å². The predicted molar refractivity (Wildman–Crippen MR) is 124 cm³/mol. The van der Waals surface area contributed by atoms with E-state index in [4.69, 9.17) is 14.1 Å². The van der Waals surface area contributed by atoms with Gasteiger partial charge >= 0.3 is 11.8 Å². The van der Waals surface area contributed by atoms with Crippen LogP contribution in [0.25, 0.3) is 11.5 Å². The van der Waals surface area contributed by atoms with E-state index in [0.29, 0.717) is 56.5 Å². The van der Waals surface area contributed by atoms with E-state index in [9.17, 15) is 14.9 Å². The molecular formula is C25H29N5O4. The van der Waals surface area contributed by atoms with Crippen molar-refractivity contribution in [1.82, 2.24) is 15.2 Å². The molecule has 5 rings (SSSR count). The zero-order valence-corrected chi connectivity index (χ0v) is 19.2. The third-order valence-electron chi connectivity index (χ3n) is 6.94. The molecule has 0 spiro atoms. The van der Waals surface area contributed by atoms with E-state index in [-0.39, 0.29) is 6.10 Å².